The molecule has 0 spiro atoms. The number of rotatable bonds is 0. The van der Waals surface area contributed by atoms with Crippen LogP contribution in [0.3, 0.4) is 0 Å². The number of aliphatic hydroxyl groups is 2. The molecule has 0 amide bonds. The molecule has 0 heterocycles. The molecule has 20 heavy (non-hydrogen) atoms. The Labute approximate surface area is 120 Å². The van der Waals surface area contributed by atoms with Gasteiger partial charge < -0.3 is 10.2 Å². The molecule has 0 fully saturated rings. The van der Waals surface area contributed by atoms with Gasteiger partial charge in [0.25, 0.3) is 20.2 Å². The highest BCUT2D eigenvalue weighted by atomic mass is 32.2. The number of hydrogen-bond donors (Lipinski definition) is 4. The molecule has 8 nitrogen and oxygen atoms in total. The largest absolute Gasteiger partial charge is 0.378 e. The molecule has 4 N–H and O–H groups in total. The van der Waals surface area contributed by atoms with Crippen LogP contribution in [0.15, 0.2) is 0 Å². The fourth-order valence-electron chi connectivity index (χ4n) is 0.306. The third kappa shape index (κ3) is 116. The van der Waals surface area contributed by atoms with E-state index in [0.717, 1.165) is 0 Å². The van der Waals surface area contributed by atoms with Crippen LogP contribution < -0.4 is 0 Å². The lowest BCUT2D eigenvalue weighted by molar-refractivity contribution is 0.131. The summed E-state index contributed by atoms with van der Waals surface area (Å²) in [5.41, 5.74) is -2.03. The maximum Gasteiger partial charge on any atom is 0.261 e. The van der Waals surface area contributed by atoms with Gasteiger partial charge in [-0.1, -0.05) is 11.8 Å². The average Bonchev–Trinajstić information content (AvgIpc) is 1.90. The van der Waals surface area contributed by atoms with E-state index >= 15 is 0 Å². The van der Waals surface area contributed by atoms with Gasteiger partial charge in [-0.25, -0.2) is 0 Å². The molecule has 0 saturated heterocycles. The van der Waals surface area contributed by atoms with E-state index in [9.17, 15) is 16.8 Å². The van der Waals surface area contributed by atoms with E-state index in [1.165, 1.54) is 0 Å². The van der Waals surface area contributed by atoms with Crippen molar-refractivity contribution in [2.45, 2.75) is 38.9 Å². The lowest BCUT2D eigenvalue weighted by Gasteiger charge is -2.10. The second-order valence-corrected chi connectivity index (χ2v) is 7.77. The first kappa shape index (κ1) is 24.3. The molecule has 0 bridgehead atoms. The van der Waals surface area contributed by atoms with E-state index in [-0.39, 0.29) is 0 Å². The Morgan fingerprint density at radius 1 is 0.700 bits per heavy atom. The van der Waals surface area contributed by atoms with Gasteiger partial charge in [0.15, 0.2) is 0 Å². The highest BCUT2D eigenvalue weighted by Crippen LogP contribution is 2.01. The zero-order valence-corrected chi connectivity index (χ0v) is 13.9. The Balaban J connectivity index is -0.000000244. The van der Waals surface area contributed by atoms with Crippen LogP contribution in [-0.2, 0) is 20.2 Å². The maximum absolute atomic E-state index is 9.19. The van der Waals surface area contributed by atoms with Crippen molar-refractivity contribution in [3.63, 3.8) is 0 Å². The summed E-state index contributed by atoms with van der Waals surface area (Å²) in [5, 5.41) is 18.2. The first-order valence-corrected chi connectivity index (χ1v) is 8.74. The highest BCUT2D eigenvalue weighted by molar-refractivity contribution is 7.85. The zero-order chi connectivity index (χ0) is 17.4. The second kappa shape index (κ2) is 8.56. The van der Waals surface area contributed by atoms with Crippen molar-refractivity contribution in [3.8, 4) is 11.8 Å². The third-order valence-corrected chi connectivity index (χ3v) is 0.674. The standard InChI is InChI=1S/C8H14O2.2CH4O3S/c1-7(2,9)5-6-8(3,4)10;2*1-5(2,3)4/h9-10H,1-4H3;2*1H3,(H,2,3,4). The van der Waals surface area contributed by atoms with Crippen LogP contribution in [0.5, 0.6) is 0 Å². The Morgan fingerprint density at radius 3 is 0.850 bits per heavy atom. The minimum Gasteiger partial charge on any atom is -0.378 e. The summed E-state index contributed by atoms with van der Waals surface area (Å²) in [6, 6.07) is 0. The summed E-state index contributed by atoms with van der Waals surface area (Å²) in [6.45, 7) is 6.30. The smallest absolute Gasteiger partial charge is 0.261 e. The van der Waals surface area contributed by atoms with Crippen LogP contribution >= 0.6 is 0 Å². The van der Waals surface area contributed by atoms with Gasteiger partial charge in [0, 0.05) is 0 Å². The number of hydrogen-bond acceptors (Lipinski definition) is 6. The van der Waals surface area contributed by atoms with Crippen LogP contribution in [0.2, 0.25) is 0 Å². The van der Waals surface area contributed by atoms with Crippen LogP contribution in [-0.4, -0.2) is 59.9 Å². The topological polar surface area (TPSA) is 149 Å². The molecule has 0 aromatic rings. The van der Waals surface area contributed by atoms with E-state index in [0.29, 0.717) is 12.5 Å². The van der Waals surface area contributed by atoms with Crippen molar-refractivity contribution < 1.29 is 36.2 Å². The minimum atomic E-state index is -3.67. The lowest BCUT2D eigenvalue weighted by atomic mass is 10.1. The predicted octanol–water partition coefficient (Wildman–Crippen LogP) is -0.460. The quantitative estimate of drug-likeness (QED) is 0.343. The van der Waals surface area contributed by atoms with Gasteiger partial charge in [0.05, 0.1) is 12.5 Å². The summed E-state index contributed by atoms with van der Waals surface area (Å²) in [6.07, 6.45) is 1.43. The van der Waals surface area contributed by atoms with Gasteiger partial charge in [0.1, 0.15) is 11.2 Å². The van der Waals surface area contributed by atoms with Crippen molar-refractivity contribution in [2.24, 2.45) is 0 Å². The molecule has 0 rings (SSSR count). The molecule has 0 aromatic heterocycles. The minimum absolute atomic E-state index is 0.715. The molecule has 0 aliphatic heterocycles. The van der Waals surface area contributed by atoms with Crippen LogP contribution in [0.1, 0.15) is 27.7 Å². The van der Waals surface area contributed by atoms with E-state index in [1.807, 2.05) is 0 Å². The molecule has 0 aromatic carbocycles. The first-order valence-electron chi connectivity index (χ1n) is 5.05. The molecule has 0 aliphatic carbocycles. The first-order chi connectivity index (χ1) is 8.21. The summed E-state index contributed by atoms with van der Waals surface area (Å²) in [5.74, 6) is 5.03. The van der Waals surface area contributed by atoms with Gasteiger partial charge in [-0.3, -0.25) is 9.11 Å². The van der Waals surface area contributed by atoms with Gasteiger partial charge >= 0.3 is 0 Å². The van der Waals surface area contributed by atoms with E-state index in [4.69, 9.17) is 19.3 Å². The van der Waals surface area contributed by atoms with E-state index < -0.39 is 31.4 Å². The fraction of sp³-hybridized carbons (Fsp3) is 0.800. The van der Waals surface area contributed by atoms with E-state index in [1.54, 1.807) is 27.7 Å². The Hall–Kier alpha value is -0.700. The summed E-state index contributed by atoms with van der Waals surface area (Å²) < 4.78 is 51.7. The third-order valence-electron chi connectivity index (χ3n) is 0.674. The molecule has 0 atom stereocenters. The predicted molar refractivity (Wildman–Crippen MR) is 75.3 cm³/mol. The van der Waals surface area contributed by atoms with Crippen molar-refractivity contribution in [2.75, 3.05) is 12.5 Å². The molecule has 0 saturated carbocycles. The van der Waals surface area contributed by atoms with Crippen molar-refractivity contribution in [3.05, 3.63) is 0 Å². The van der Waals surface area contributed by atoms with Crippen LogP contribution in [0.25, 0.3) is 0 Å². The lowest BCUT2D eigenvalue weighted by Crippen LogP contribution is -2.20. The van der Waals surface area contributed by atoms with Gasteiger partial charge in [-0.05, 0) is 27.7 Å². The molecule has 10 heteroatoms. The molecule has 0 aliphatic rings. The molecule has 0 unspecified atom stereocenters. The summed E-state index contributed by atoms with van der Waals surface area (Å²) in [4.78, 5) is 0. The maximum atomic E-state index is 9.19. The molecule has 122 valence electrons. The van der Waals surface area contributed by atoms with Gasteiger partial charge in [-0.15, -0.1) is 0 Å². The molecular weight excluding hydrogens is 312 g/mol. The SMILES string of the molecule is CC(C)(O)C#CC(C)(C)O.CS(=O)(=O)O.CS(=O)(=O)O. The van der Waals surface area contributed by atoms with Gasteiger partial charge in [-0.2, -0.15) is 16.8 Å². The van der Waals surface area contributed by atoms with Crippen molar-refractivity contribution in [1.29, 1.82) is 0 Å². The molecular formula is C10H22O8S2. The highest BCUT2D eigenvalue weighted by Gasteiger charge is 2.10. The Kier molecular flexibility index (Phi) is 10.4. The van der Waals surface area contributed by atoms with Crippen LogP contribution in [0.4, 0.5) is 0 Å². The Morgan fingerprint density at radius 2 is 0.800 bits per heavy atom. The second-order valence-electron chi connectivity index (χ2n) is 4.83. The normalized spacial score (nSPS) is 11.9. The summed E-state index contributed by atoms with van der Waals surface area (Å²) >= 11 is 0. The summed E-state index contributed by atoms with van der Waals surface area (Å²) in [7, 11) is -7.33. The van der Waals surface area contributed by atoms with Crippen molar-refractivity contribution >= 4 is 20.2 Å². The fourth-order valence-corrected chi connectivity index (χ4v) is 0.306. The van der Waals surface area contributed by atoms with Gasteiger partial charge in [0.2, 0.25) is 0 Å². The molecule has 0 radical (unpaired) electrons. The van der Waals surface area contributed by atoms with E-state index in [2.05, 4.69) is 11.8 Å². The average molecular weight is 334 g/mol. The van der Waals surface area contributed by atoms with Crippen molar-refractivity contribution in [1.82, 2.24) is 0 Å². The Bertz CT molecular complexity index is 457. The van der Waals surface area contributed by atoms with Crippen LogP contribution in [0, 0.1) is 11.8 Å². The zero-order valence-electron chi connectivity index (χ0n) is 12.2. The monoisotopic (exact) mass is 334 g/mol.